The predicted molar refractivity (Wildman–Crippen MR) is 169 cm³/mol. The second-order valence-electron chi connectivity index (χ2n) is 11.9. The molecule has 0 unspecified atom stereocenters. The van der Waals surface area contributed by atoms with Crippen LogP contribution in [0.2, 0.25) is 0 Å². The van der Waals surface area contributed by atoms with Crippen molar-refractivity contribution < 1.29 is 14.3 Å². The third kappa shape index (κ3) is 16.7. The molecule has 230 valence electrons. The van der Waals surface area contributed by atoms with Gasteiger partial charge in [-0.3, -0.25) is 9.69 Å². The zero-order valence-corrected chi connectivity index (χ0v) is 26.3. The number of hydrogen-bond donors (Lipinski definition) is 0. The van der Waals surface area contributed by atoms with Crippen molar-refractivity contribution in [2.75, 3.05) is 53.0 Å². The van der Waals surface area contributed by atoms with E-state index in [-0.39, 0.29) is 5.91 Å². The molecule has 0 bridgehead atoms. The molecule has 0 aromatic heterocycles. The molecule has 0 saturated carbocycles. The summed E-state index contributed by atoms with van der Waals surface area (Å²) in [5.41, 5.74) is 1.79. The quantitative estimate of drug-likeness (QED) is 0.113. The van der Waals surface area contributed by atoms with E-state index in [0.717, 1.165) is 76.4 Å². The SMILES string of the molecule is CCCCCCCCCCCCCCCCCCN(C)C(=O)c1ccccc1COCCCCN1CCOCC1. The highest BCUT2D eigenvalue weighted by Gasteiger charge is 2.15. The highest BCUT2D eigenvalue weighted by molar-refractivity contribution is 5.95. The van der Waals surface area contributed by atoms with Gasteiger partial charge < -0.3 is 14.4 Å². The first-order valence-corrected chi connectivity index (χ1v) is 16.9. The third-order valence-electron chi connectivity index (χ3n) is 8.32. The van der Waals surface area contributed by atoms with Gasteiger partial charge in [0, 0.05) is 38.9 Å². The minimum Gasteiger partial charge on any atom is -0.379 e. The average molecular weight is 559 g/mol. The van der Waals surface area contributed by atoms with Crippen LogP contribution in [0.1, 0.15) is 138 Å². The van der Waals surface area contributed by atoms with Crippen molar-refractivity contribution in [3.8, 4) is 0 Å². The largest absolute Gasteiger partial charge is 0.379 e. The first-order valence-electron chi connectivity index (χ1n) is 16.9. The van der Waals surface area contributed by atoms with Crippen LogP contribution >= 0.6 is 0 Å². The van der Waals surface area contributed by atoms with Crippen LogP contribution in [-0.2, 0) is 16.1 Å². The molecule has 40 heavy (non-hydrogen) atoms. The topological polar surface area (TPSA) is 42.0 Å². The summed E-state index contributed by atoms with van der Waals surface area (Å²) in [6, 6.07) is 7.94. The molecular weight excluding hydrogens is 496 g/mol. The second kappa shape index (κ2) is 24.2. The number of amides is 1. The lowest BCUT2D eigenvalue weighted by molar-refractivity contribution is 0.0354. The Morgan fingerprint density at radius 1 is 0.775 bits per heavy atom. The molecule has 2 rings (SSSR count). The van der Waals surface area contributed by atoms with Crippen molar-refractivity contribution in [3.63, 3.8) is 0 Å². The van der Waals surface area contributed by atoms with E-state index in [1.165, 1.54) is 96.3 Å². The molecule has 5 nitrogen and oxygen atoms in total. The fourth-order valence-corrected chi connectivity index (χ4v) is 5.61. The Kier molecular flexibility index (Phi) is 21.0. The highest BCUT2D eigenvalue weighted by Crippen LogP contribution is 2.16. The first-order chi connectivity index (χ1) is 19.7. The van der Waals surface area contributed by atoms with Crippen LogP contribution in [-0.4, -0.2) is 68.8 Å². The summed E-state index contributed by atoms with van der Waals surface area (Å²) in [5.74, 6) is 0.118. The normalized spacial score (nSPS) is 14.1. The van der Waals surface area contributed by atoms with Gasteiger partial charge in [-0.25, -0.2) is 0 Å². The smallest absolute Gasteiger partial charge is 0.253 e. The summed E-state index contributed by atoms with van der Waals surface area (Å²) >= 11 is 0. The zero-order valence-electron chi connectivity index (χ0n) is 26.3. The Morgan fingerprint density at radius 2 is 1.32 bits per heavy atom. The maximum Gasteiger partial charge on any atom is 0.253 e. The summed E-state index contributed by atoms with van der Waals surface area (Å²) in [6.07, 6.45) is 24.1. The summed E-state index contributed by atoms with van der Waals surface area (Å²) in [6.45, 7) is 9.28. The van der Waals surface area contributed by atoms with Gasteiger partial charge in [0.2, 0.25) is 0 Å². The number of unbranched alkanes of at least 4 members (excludes halogenated alkanes) is 16. The van der Waals surface area contributed by atoms with E-state index < -0.39 is 0 Å². The third-order valence-corrected chi connectivity index (χ3v) is 8.32. The van der Waals surface area contributed by atoms with E-state index in [1.54, 1.807) is 0 Å². The molecule has 1 fully saturated rings. The van der Waals surface area contributed by atoms with Gasteiger partial charge in [-0.2, -0.15) is 0 Å². The Balaban J connectivity index is 1.46. The molecule has 1 aromatic rings. The molecule has 0 atom stereocenters. The molecule has 1 aromatic carbocycles. The van der Waals surface area contributed by atoms with Crippen molar-refractivity contribution >= 4 is 5.91 Å². The molecule has 1 amide bonds. The number of benzene rings is 1. The van der Waals surface area contributed by atoms with Crippen LogP contribution in [0, 0.1) is 0 Å². The number of nitrogens with zero attached hydrogens (tertiary/aromatic N) is 2. The van der Waals surface area contributed by atoms with Crippen LogP contribution in [0.5, 0.6) is 0 Å². The van der Waals surface area contributed by atoms with E-state index in [2.05, 4.69) is 11.8 Å². The first kappa shape index (κ1) is 34.8. The maximum absolute atomic E-state index is 13.1. The van der Waals surface area contributed by atoms with Crippen molar-refractivity contribution in [1.82, 2.24) is 9.80 Å². The number of ether oxygens (including phenoxy) is 2. The van der Waals surface area contributed by atoms with Gasteiger partial charge in [0.15, 0.2) is 0 Å². The van der Waals surface area contributed by atoms with Gasteiger partial charge in [0.05, 0.1) is 19.8 Å². The molecule has 0 N–H and O–H groups in total. The minimum absolute atomic E-state index is 0.118. The molecule has 1 aliphatic rings. The second-order valence-corrected chi connectivity index (χ2v) is 11.9. The van der Waals surface area contributed by atoms with E-state index in [9.17, 15) is 4.79 Å². The molecule has 0 spiro atoms. The summed E-state index contributed by atoms with van der Waals surface area (Å²) < 4.78 is 11.4. The monoisotopic (exact) mass is 558 g/mol. The van der Waals surface area contributed by atoms with Crippen LogP contribution in [0.15, 0.2) is 24.3 Å². The Morgan fingerprint density at radius 3 is 1.93 bits per heavy atom. The highest BCUT2D eigenvalue weighted by atomic mass is 16.5. The van der Waals surface area contributed by atoms with Gasteiger partial charge >= 0.3 is 0 Å². The van der Waals surface area contributed by atoms with E-state index in [1.807, 2.05) is 36.2 Å². The van der Waals surface area contributed by atoms with Gasteiger partial charge in [-0.1, -0.05) is 121 Å². The molecule has 1 heterocycles. The number of morpholine rings is 1. The standard InChI is InChI=1S/C35H62N2O3/c1-3-4-5-6-7-8-9-10-11-12-13-14-15-16-17-20-25-36(2)35(38)34-24-19-18-23-33(34)32-40-29-22-21-26-37-27-30-39-31-28-37/h18-19,23-24H,3-17,20-22,25-32H2,1-2H3. The van der Waals surface area contributed by atoms with Gasteiger partial charge in [0.25, 0.3) is 5.91 Å². The lowest BCUT2D eigenvalue weighted by Gasteiger charge is -2.26. The molecule has 0 radical (unpaired) electrons. The number of carbonyl (C=O) groups is 1. The summed E-state index contributed by atoms with van der Waals surface area (Å²) in [5, 5.41) is 0. The maximum atomic E-state index is 13.1. The summed E-state index contributed by atoms with van der Waals surface area (Å²) in [4.78, 5) is 17.5. The van der Waals surface area contributed by atoms with Crippen LogP contribution in [0.25, 0.3) is 0 Å². The van der Waals surface area contributed by atoms with Gasteiger partial charge in [-0.15, -0.1) is 0 Å². The predicted octanol–water partition coefficient (Wildman–Crippen LogP) is 8.65. The number of hydrogen-bond acceptors (Lipinski definition) is 4. The number of rotatable bonds is 25. The van der Waals surface area contributed by atoms with Crippen molar-refractivity contribution in [3.05, 3.63) is 35.4 Å². The van der Waals surface area contributed by atoms with Crippen LogP contribution in [0.4, 0.5) is 0 Å². The van der Waals surface area contributed by atoms with E-state index in [4.69, 9.17) is 9.47 Å². The average Bonchev–Trinajstić information content (AvgIpc) is 2.99. The molecule has 0 aliphatic carbocycles. The molecule has 1 aliphatic heterocycles. The van der Waals surface area contributed by atoms with E-state index in [0.29, 0.717) is 6.61 Å². The minimum atomic E-state index is 0.118. The Hall–Kier alpha value is -1.43. The Bertz CT molecular complexity index is 735. The van der Waals surface area contributed by atoms with Crippen LogP contribution in [0.3, 0.4) is 0 Å². The van der Waals surface area contributed by atoms with E-state index >= 15 is 0 Å². The van der Waals surface area contributed by atoms with Crippen molar-refractivity contribution in [1.29, 1.82) is 0 Å². The lowest BCUT2D eigenvalue weighted by atomic mass is 10.0. The van der Waals surface area contributed by atoms with Crippen molar-refractivity contribution in [2.24, 2.45) is 0 Å². The van der Waals surface area contributed by atoms with Crippen molar-refractivity contribution in [2.45, 2.75) is 129 Å². The number of carbonyl (C=O) groups excluding carboxylic acids is 1. The van der Waals surface area contributed by atoms with Gasteiger partial charge in [0.1, 0.15) is 0 Å². The zero-order chi connectivity index (χ0) is 28.5. The fourth-order valence-electron chi connectivity index (χ4n) is 5.61. The summed E-state index contributed by atoms with van der Waals surface area (Å²) in [7, 11) is 1.94. The fraction of sp³-hybridized carbons (Fsp3) is 0.800. The molecular formula is C35H62N2O3. The molecule has 5 heteroatoms. The Labute approximate surface area is 247 Å². The molecule has 1 saturated heterocycles. The van der Waals surface area contributed by atoms with Crippen LogP contribution < -0.4 is 0 Å². The lowest BCUT2D eigenvalue weighted by Crippen LogP contribution is -2.36. The van der Waals surface area contributed by atoms with Gasteiger partial charge in [-0.05, 0) is 37.4 Å².